The number of carboxylic acids is 1. The van der Waals surface area contributed by atoms with E-state index in [1.807, 2.05) is 0 Å². The van der Waals surface area contributed by atoms with Gasteiger partial charge in [0.15, 0.2) is 0 Å². The Hall–Kier alpha value is -0.610. The summed E-state index contributed by atoms with van der Waals surface area (Å²) in [6.07, 6.45) is 0.989. The average Bonchev–Trinajstić information content (AvgIpc) is 2.01. The first-order valence-corrected chi connectivity index (χ1v) is 5.08. The highest BCUT2D eigenvalue weighted by atomic mass is 16.5. The van der Waals surface area contributed by atoms with Gasteiger partial charge < -0.3 is 9.84 Å². The van der Waals surface area contributed by atoms with E-state index in [0.717, 1.165) is 32.7 Å². The Kier molecular flexibility index (Phi) is 3.89. The Labute approximate surface area is 84.8 Å². The lowest BCUT2D eigenvalue weighted by atomic mass is 10.1. The van der Waals surface area contributed by atoms with Crippen LogP contribution in [0.3, 0.4) is 0 Å². The molecule has 0 aromatic heterocycles. The fourth-order valence-corrected chi connectivity index (χ4v) is 1.76. The highest BCUT2D eigenvalue weighted by Crippen LogP contribution is 2.16. The van der Waals surface area contributed by atoms with Crippen LogP contribution in [-0.2, 0) is 9.53 Å². The van der Waals surface area contributed by atoms with Crippen molar-refractivity contribution in [2.24, 2.45) is 0 Å². The van der Waals surface area contributed by atoms with Gasteiger partial charge in [-0.25, -0.2) is 0 Å². The summed E-state index contributed by atoms with van der Waals surface area (Å²) in [5, 5.41) is 8.50. The Morgan fingerprint density at radius 1 is 1.57 bits per heavy atom. The highest BCUT2D eigenvalue weighted by molar-refractivity contribution is 5.66. The van der Waals surface area contributed by atoms with E-state index in [1.165, 1.54) is 0 Å². The molecule has 1 rings (SSSR count). The molecular weight excluding hydrogens is 182 g/mol. The van der Waals surface area contributed by atoms with Crippen LogP contribution in [-0.4, -0.2) is 47.8 Å². The molecule has 0 bridgehead atoms. The molecular formula is C10H19NO3. The molecule has 0 radical (unpaired) electrons. The van der Waals surface area contributed by atoms with Crippen LogP contribution < -0.4 is 0 Å². The second-order valence-electron chi connectivity index (χ2n) is 4.38. The zero-order valence-corrected chi connectivity index (χ0v) is 8.95. The summed E-state index contributed by atoms with van der Waals surface area (Å²) in [6.45, 7) is 7.56. The van der Waals surface area contributed by atoms with Gasteiger partial charge in [-0.05, 0) is 26.8 Å². The second-order valence-corrected chi connectivity index (χ2v) is 4.38. The van der Waals surface area contributed by atoms with Crippen molar-refractivity contribution in [1.29, 1.82) is 0 Å². The molecule has 4 nitrogen and oxygen atoms in total. The van der Waals surface area contributed by atoms with E-state index in [1.54, 1.807) is 0 Å². The number of hydrogen-bond acceptors (Lipinski definition) is 3. The van der Waals surface area contributed by atoms with Crippen molar-refractivity contribution in [3.63, 3.8) is 0 Å². The number of aliphatic carboxylic acids is 1. The van der Waals surface area contributed by atoms with E-state index >= 15 is 0 Å². The van der Waals surface area contributed by atoms with Crippen molar-refractivity contribution >= 4 is 5.97 Å². The molecule has 0 amide bonds. The van der Waals surface area contributed by atoms with Crippen molar-refractivity contribution in [2.45, 2.75) is 32.3 Å². The van der Waals surface area contributed by atoms with Crippen molar-refractivity contribution < 1.29 is 14.6 Å². The first-order chi connectivity index (χ1) is 6.49. The van der Waals surface area contributed by atoms with Crippen molar-refractivity contribution in [3.05, 3.63) is 0 Å². The molecule has 1 saturated heterocycles. The maximum absolute atomic E-state index is 10.3. The molecule has 14 heavy (non-hydrogen) atoms. The van der Waals surface area contributed by atoms with Crippen LogP contribution >= 0.6 is 0 Å². The van der Waals surface area contributed by atoms with E-state index in [4.69, 9.17) is 9.84 Å². The lowest BCUT2D eigenvalue weighted by Gasteiger charge is -2.38. The minimum atomic E-state index is -0.711. The number of nitrogens with zero attached hydrogens (tertiary/aromatic N) is 1. The van der Waals surface area contributed by atoms with Gasteiger partial charge in [-0.1, -0.05) is 0 Å². The number of carboxylic acid groups (broad SMARTS) is 1. The van der Waals surface area contributed by atoms with E-state index in [0.29, 0.717) is 0 Å². The van der Waals surface area contributed by atoms with E-state index in [-0.39, 0.29) is 12.0 Å². The maximum atomic E-state index is 10.3. The third-order valence-electron chi connectivity index (χ3n) is 2.37. The van der Waals surface area contributed by atoms with E-state index in [9.17, 15) is 4.79 Å². The summed E-state index contributed by atoms with van der Waals surface area (Å²) in [4.78, 5) is 12.6. The first-order valence-electron chi connectivity index (χ1n) is 5.08. The molecule has 4 heteroatoms. The van der Waals surface area contributed by atoms with Crippen LogP contribution in [0.2, 0.25) is 0 Å². The molecule has 0 aliphatic carbocycles. The fraction of sp³-hybridized carbons (Fsp3) is 0.900. The molecule has 1 heterocycles. The quantitative estimate of drug-likeness (QED) is 0.736. The largest absolute Gasteiger partial charge is 0.481 e. The molecule has 1 aliphatic rings. The monoisotopic (exact) mass is 201 g/mol. The van der Waals surface area contributed by atoms with Gasteiger partial charge in [-0.3, -0.25) is 9.69 Å². The number of morpholine rings is 1. The number of ether oxygens (including phenoxy) is 1. The smallest absolute Gasteiger partial charge is 0.303 e. The van der Waals surface area contributed by atoms with Gasteiger partial charge in [-0.15, -0.1) is 0 Å². The molecule has 0 atom stereocenters. The molecule has 0 spiro atoms. The Morgan fingerprint density at radius 2 is 2.29 bits per heavy atom. The minimum Gasteiger partial charge on any atom is -0.481 e. The predicted molar refractivity (Wildman–Crippen MR) is 53.3 cm³/mol. The zero-order chi connectivity index (χ0) is 10.6. The van der Waals surface area contributed by atoms with Crippen LogP contribution in [0, 0.1) is 0 Å². The number of carbonyl (C=O) groups is 1. The lowest BCUT2D eigenvalue weighted by molar-refractivity contribution is -0.137. The van der Waals surface area contributed by atoms with Gasteiger partial charge in [0.2, 0.25) is 0 Å². The first kappa shape index (κ1) is 11.5. The Morgan fingerprint density at radius 3 is 2.86 bits per heavy atom. The van der Waals surface area contributed by atoms with Gasteiger partial charge >= 0.3 is 5.97 Å². The van der Waals surface area contributed by atoms with Crippen molar-refractivity contribution in [3.8, 4) is 0 Å². The summed E-state index contributed by atoms with van der Waals surface area (Å²) in [7, 11) is 0. The topological polar surface area (TPSA) is 49.8 Å². The predicted octanol–water partition coefficient (Wildman–Crippen LogP) is 0.962. The molecule has 0 aromatic rings. The van der Waals surface area contributed by atoms with E-state index in [2.05, 4.69) is 18.7 Å². The van der Waals surface area contributed by atoms with Gasteiger partial charge in [0.1, 0.15) is 0 Å². The molecule has 0 saturated carbocycles. The molecule has 82 valence electrons. The normalized spacial score (nSPS) is 22.1. The van der Waals surface area contributed by atoms with Crippen molar-refractivity contribution in [2.75, 3.05) is 26.2 Å². The summed E-state index contributed by atoms with van der Waals surface area (Å²) in [5.74, 6) is -0.711. The third-order valence-corrected chi connectivity index (χ3v) is 2.37. The van der Waals surface area contributed by atoms with E-state index < -0.39 is 5.97 Å². The van der Waals surface area contributed by atoms with Crippen LogP contribution in [0.25, 0.3) is 0 Å². The molecule has 1 fully saturated rings. The SMILES string of the molecule is CC1(C)CN(CCCC(=O)O)CCO1. The standard InChI is InChI=1S/C10H19NO3/c1-10(2)8-11(6-7-14-10)5-3-4-9(12)13/h3-8H2,1-2H3,(H,12,13). The molecule has 1 aliphatic heterocycles. The van der Waals surface area contributed by atoms with Gasteiger partial charge in [0, 0.05) is 19.5 Å². The molecule has 0 unspecified atom stereocenters. The van der Waals surface area contributed by atoms with Gasteiger partial charge in [0.25, 0.3) is 0 Å². The Balaban J connectivity index is 2.21. The van der Waals surface area contributed by atoms with Crippen LogP contribution in [0.15, 0.2) is 0 Å². The summed E-state index contributed by atoms with van der Waals surface area (Å²) >= 11 is 0. The maximum Gasteiger partial charge on any atom is 0.303 e. The Bertz CT molecular complexity index is 204. The fourth-order valence-electron chi connectivity index (χ4n) is 1.76. The minimum absolute atomic E-state index is 0.0819. The second kappa shape index (κ2) is 4.75. The lowest BCUT2D eigenvalue weighted by Crippen LogP contribution is -2.48. The zero-order valence-electron chi connectivity index (χ0n) is 8.95. The third kappa shape index (κ3) is 4.07. The number of rotatable bonds is 4. The molecule has 0 aromatic carbocycles. The van der Waals surface area contributed by atoms with Gasteiger partial charge in [0.05, 0.1) is 12.2 Å². The van der Waals surface area contributed by atoms with Crippen LogP contribution in [0.1, 0.15) is 26.7 Å². The molecule has 1 N–H and O–H groups in total. The average molecular weight is 201 g/mol. The number of hydrogen-bond donors (Lipinski definition) is 1. The van der Waals surface area contributed by atoms with Gasteiger partial charge in [-0.2, -0.15) is 0 Å². The van der Waals surface area contributed by atoms with Crippen LogP contribution in [0.5, 0.6) is 0 Å². The van der Waals surface area contributed by atoms with Crippen LogP contribution in [0.4, 0.5) is 0 Å². The summed E-state index contributed by atoms with van der Waals surface area (Å²) in [6, 6.07) is 0. The summed E-state index contributed by atoms with van der Waals surface area (Å²) in [5.41, 5.74) is -0.0819. The van der Waals surface area contributed by atoms with Crippen molar-refractivity contribution in [1.82, 2.24) is 4.90 Å². The summed E-state index contributed by atoms with van der Waals surface area (Å²) < 4.78 is 5.56. The highest BCUT2D eigenvalue weighted by Gasteiger charge is 2.26.